The molecule has 1 unspecified atom stereocenters. The smallest absolute Gasteiger partial charge is 0.180 e. The van der Waals surface area contributed by atoms with Crippen molar-refractivity contribution in [1.82, 2.24) is 14.8 Å². The monoisotopic (exact) mass is 332 g/mol. The molecule has 1 aliphatic carbocycles. The van der Waals surface area contributed by atoms with Crippen LogP contribution in [0.4, 0.5) is 5.13 Å². The molecule has 21 heavy (non-hydrogen) atoms. The Labute approximate surface area is 136 Å². The van der Waals surface area contributed by atoms with Crippen LogP contribution < -0.4 is 5.73 Å². The fourth-order valence-electron chi connectivity index (χ4n) is 2.75. The van der Waals surface area contributed by atoms with Crippen LogP contribution in [0.1, 0.15) is 17.7 Å². The maximum absolute atomic E-state index is 5.90. The van der Waals surface area contributed by atoms with Gasteiger partial charge in [-0.1, -0.05) is 0 Å². The molecule has 2 fully saturated rings. The first-order valence-electron chi connectivity index (χ1n) is 7.41. The van der Waals surface area contributed by atoms with E-state index in [0.717, 1.165) is 38.7 Å². The van der Waals surface area contributed by atoms with E-state index in [-0.39, 0.29) is 12.4 Å². The van der Waals surface area contributed by atoms with Crippen LogP contribution in [0.3, 0.4) is 0 Å². The van der Waals surface area contributed by atoms with E-state index >= 15 is 0 Å². The lowest BCUT2D eigenvalue weighted by Gasteiger charge is -2.33. The average Bonchev–Trinajstić information content (AvgIpc) is 3.11. The molecule has 1 saturated heterocycles. The molecule has 1 aliphatic heterocycles. The van der Waals surface area contributed by atoms with Gasteiger partial charge in [0.2, 0.25) is 0 Å². The predicted molar refractivity (Wildman–Crippen MR) is 89.0 cm³/mol. The molecule has 0 spiro atoms. The van der Waals surface area contributed by atoms with E-state index in [4.69, 9.17) is 10.5 Å². The van der Waals surface area contributed by atoms with Crippen molar-refractivity contribution in [3.8, 4) is 0 Å². The minimum Gasteiger partial charge on any atom is -0.375 e. The zero-order valence-electron chi connectivity index (χ0n) is 12.5. The van der Waals surface area contributed by atoms with E-state index in [9.17, 15) is 0 Å². The maximum Gasteiger partial charge on any atom is 0.180 e. The molecule has 0 bridgehead atoms. The van der Waals surface area contributed by atoms with Gasteiger partial charge in [-0.05, 0) is 25.8 Å². The van der Waals surface area contributed by atoms with Crippen LogP contribution in [0.5, 0.6) is 0 Å². The largest absolute Gasteiger partial charge is 0.375 e. The fraction of sp³-hybridized carbons (Fsp3) is 0.786. The van der Waals surface area contributed by atoms with Gasteiger partial charge in [0.15, 0.2) is 5.13 Å². The number of hydrogen-bond acceptors (Lipinski definition) is 6. The minimum atomic E-state index is 0. The second kappa shape index (κ2) is 7.74. The summed E-state index contributed by atoms with van der Waals surface area (Å²) in [6, 6.07) is 0. The van der Waals surface area contributed by atoms with Gasteiger partial charge in [0.1, 0.15) is 0 Å². The zero-order valence-corrected chi connectivity index (χ0v) is 14.2. The third-order valence-electron chi connectivity index (χ3n) is 3.97. The molecule has 2 N–H and O–H groups in total. The summed E-state index contributed by atoms with van der Waals surface area (Å²) in [7, 11) is 2.17. The molecule has 1 atom stereocenters. The van der Waals surface area contributed by atoms with Crippen molar-refractivity contribution in [2.75, 3.05) is 45.6 Å². The van der Waals surface area contributed by atoms with Crippen LogP contribution in [0, 0.1) is 5.92 Å². The average molecular weight is 333 g/mol. The molecule has 2 aliphatic rings. The summed E-state index contributed by atoms with van der Waals surface area (Å²) >= 11 is 1.60. The highest BCUT2D eigenvalue weighted by molar-refractivity contribution is 7.15. The SMILES string of the molecule is CN1CCOC(CN(Cc2cnc(N)s2)CC2CC2)C1.Cl. The van der Waals surface area contributed by atoms with Gasteiger partial charge in [-0.3, -0.25) is 4.90 Å². The van der Waals surface area contributed by atoms with Gasteiger partial charge < -0.3 is 15.4 Å². The van der Waals surface area contributed by atoms with Crippen molar-refractivity contribution in [3.05, 3.63) is 11.1 Å². The predicted octanol–water partition coefficient (Wildman–Crippen LogP) is 1.69. The molecule has 3 rings (SSSR count). The number of anilines is 1. The number of nitrogens with two attached hydrogens (primary N) is 1. The van der Waals surface area contributed by atoms with Crippen LogP contribution in [0.25, 0.3) is 0 Å². The normalized spacial score (nSPS) is 23.2. The molecule has 7 heteroatoms. The van der Waals surface area contributed by atoms with Crippen molar-refractivity contribution < 1.29 is 4.74 Å². The number of aromatic nitrogens is 1. The number of nitrogen functional groups attached to an aromatic ring is 1. The highest BCUT2D eigenvalue weighted by Crippen LogP contribution is 2.31. The van der Waals surface area contributed by atoms with Crippen LogP contribution >= 0.6 is 23.7 Å². The van der Waals surface area contributed by atoms with E-state index in [1.165, 1.54) is 24.3 Å². The molecule has 2 heterocycles. The summed E-state index contributed by atoms with van der Waals surface area (Å²) in [5.41, 5.74) is 5.73. The molecule has 5 nitrogen and oxygen atoms in total. The van der Waals surface area contributed by atoms with Gasteiger partial charge in [0, 0.05) is 43.8 Å². The Morgan fingerprint density at radius 2 is 2.29 bits per heavy atom. The van der Waals surface area contributed by atoms with Crippen molar-refractivity contribution in [2.24, 2.45) is 5.92 Å². The Balaban J connectivity index is 0.00000161. The lowest BCUT2D eigenvalue weighted by atomic mass is 10.2. The molecule has 120 valence electrons. The van der Waals surface area contributed by atoms with Crippen LogP contribution in [0.2, 0.25) is 0 Å². The molecule has 1 saturated carbocycles. The number of ether oxygens (including phenoxy) is 1. The van der Waals surface area contributed by atoms with Gasteiger partial charge in [-0.15, -0.1) is 23.7 Å². The second-order valence-corrected chi connectivity index (χ2v) is 7.20. The Kier molecular flexibility index (Phi) is 6.25. The number of nitrogens with zero attached hydrogens (tertiary/aromatic N) is 3. The Hall–Kier alpha value is -0.400. The zero-order chi connectivity index (χ0) is 13.9. The summed E-state index contributed by atoms with van der Waals surface area (Å²) in [5, 5.41) is 0.667. The van der Waals surface area contributed by atoms with Gasteiger partial charge >= 0.3 is 0 Å². The number of morpholine rings is 1. The van der Waals surface area contributed by atoms with Crippen LogP contribution in [-0.2, 0) is 11.3 Å². The van der Waals surface area contributed by atoms with Gasteiger partial charge in [0.25, 0.3) is 0 Å². The van der Waals surface area contributed by atoms with E-state index in [1.807, 2.05) is 6.20 Å². The van der Waals surface area contributed by atoms with E-state index in [2.05, 4.69) is 21.8 Å². The molecular formula is C14H25ClN4OS. The van der Waals surface area contributed by atoms with E-state index < -0.39 is 0 Å². The number of thiazole rings is 1. The minimum absolute atomic E-state index is 0. The molecule has 0 radical (unpaired) electrons. The number of rotatable bonds is 6. The van der Waals surface area contributed by atoms with Gasteiger partial charge in [-0.2, -0.15) is 0 Å². The molecular weight excluding hydrogens is 308 g/mol. The summed E-state index contributed by atoms with van der Waals surface area (Å²) in [6.45, 7) is 6.08. The van der Waals surface area contributed by atoms with Crippen molar-refractivity contribution in [3.63, 3.8) is 0 Å². The quantitative estimate of drug-likeness (QED) is 0.859. The fourth-order valence-corrected chi connectivity index (χ4v) is 3.48. The van der Waals surface area contributed by atoms with Crippen LogP contribution in [0.15, 0.2) is 6.20 Å². The lowest BCUT2D eigenvalue weighted by Crippen LogP contribution is -2.46. The first kappa shape index (κ1) is 17.0. The van der Waals surface area contributed by atoms with E-state index in [0.29, 0.717) is 11.2 Å². The standard InChI is InChI=1S/C14H24N4OS.ClH/c1-17-4-5-19-12(8-17)9-18(7-11-2-3-11)10-13-6-16-14(15)20-13;/h6,11-12H,2-5,7-10H2,1H3,(H2,15,16);1H. The summed E-state index contributed by atoms with van der Waals surface area (Å²) in [5.74, 6) is 0.890. The lowest BCUT2D eigenvalue weighted by molar-refractivity contribution is -0.0371. The third-order valence-corrected chi connectivity index (χ3v) is 4.78. The third kappa shape index (κ3) is 5.38. The first-order valence-corrected chi connectivity index (χ1v) is 8.23. The molecule has 0 aromatic carbocycles. The van der Waals surface area contributed by atoms with Crippen molar-refractivity contribution >= 4 is 28.9 Å². The summed E-state index contributed by atoms with van der Waals surface area (Å²) < 4.78 is 5.90. The van der Waals surface area contributed by atoms with Gasteiger partial charge in [0.05, 0.1) is 12.7 Å². The topological polar surface area (TPSA) is 54.6 Å². The first-order chi connectivity index (χ1) is 9.69. The second-order valence-electron chi connectivity index (χ2n) is 6.06. The molecule has 0 amide bonds. The summed E-state index contributed by atoms with van der Waals surface area (Å²) in [6.07, 6.45) is 5.01. The van der Waals surface area contributed by atoms with E-state index in [1.54, 1.807) is 11.3 Å². The number of likely N-dealkylation sites (N-methyl/N-ethyl adjacent to an activating group) is 1. The molecule has 1 aromatic rings. The summed E-state index contributed by atoms with van der Waals surface area (Å²) in [4.78, 5) is 10.3. The number of halogens is 1. The number of hydrogen-bond donors (Lipinski definition) is 1. The highest BCUT2D eigenvalue weighted by atomic mass is 35.5. The van der Waals surface area contributed by atoms with Crippen LogP contribution in [-0.4, -0.2) is 60.7 Å². The van der Waals surface area contributed by atoms with Crippen molar-refractivity contribution in [2.45, 2.75) is 25.5 Å². The Morgan fingerprint density at radius 1 is 1.48 bits per heavy atom. The maximum atomic E-state index is 5.90. The van der Waals surface area contributed by atoms with Crippen molar-refractivity contribution in [1.29, 1.82) is 0 Å². The highest BCUT2D eigenvalue weighted by Gasteiger charge is 2.27. The van der Waals surface area contributed by atoms with Gasteiger partial charge in [-0.25, -0.2) is 4.98 Å². The Morgan fingerprint density at radius 3 is 2.90 bits per heavy atom. The Bertz CT molecular complexity index is 440. The molecule has 1 aromatic heterocycles.